The van der Waals surface area contributed by atoms with Gasteiger partial charge in [-0.1, -0.05) is 49.0 Å². The van der Waals surface area contributed by atoms with Gasteiger partial charge in [-0.3, -0.25) is 4.57 Å². The number of thioether (sulfide) groups is 1. The molecule has 0 aliphatic carbocycles. The summed E-state index contributed by atoms with van der Waals surface area (Å²) >= 11 is 1.56. The van der Waals surface area contributed by atoms with Crippen molar-refractivity contribution >= 4 is 11.8 Å². The summed E-state index contributed by atoms with van der Waals surface area (Å²) in [6.45, 7) is 4.63. The molecule has 2 rings (SSSR count). The predicted molar refractivity (Wildman–Crippen MR) is 81.8 cm³/mol. The first-order valence-electron chi connectivity index (χ1n) is 6.79. The van der Waals surface area contributed by atoms with Gasteiger partial charge in [0.1, 0.15) is 0 Å². The maximum absolute atomic E-state index is 11.6. The molecule has 0 radical (unpaired) electrons. The molecule has 0 amide bonds. The van der Waals surface area contributed by atoms with Crippen molar-refractivity contribution in [2.24, 2.45) is 5.73 Å². The van der Waals surface area contributed by atoms with Gasteiger partial charge in [0.05, 0.1) is 0 Å². The fraction of sp³-hybridized carbons (Fsp3) is 0.429. The number of benzene rings is 1. The van der Waals surface area contributed by atoms with Crippen LogP contribution >= 0.6 is 11.8 Å². The highest BCUT2D eigenvalue weighted by Gasteiger charge is 2.21. The van der Waals surface area contributed by atoms with Crippen molar-refractivity contribution < 1.29 is 0 Å². The van der Waals surface area contributed by atoms with E-state index in [2.05, 4.69) is 17.1 Å². The number of nitrogens with two attached hydrogens (primary N) is 1. The molecule has 108 valence electrons. The molecule has 0 saturated heterocycles. The van der Waals surface area contributed by atoms with Crippen LogP contribution in [0.4, 0.5) is 0 Å². The number of rotatable bonds is 6. The highest BCUT2D eigenvalue weighted by molar-refractivity contribution is 7.99. The van der Waals surface area contributed by atoms with Crippen LogP contribution in [-0.4, -0.2) is 20.0 Å². The molecule has 2 aromatic rings. The summed E-state index contributed by atoms with van der Waals surface area (Å²) in [6.07, 6.45) is 0.908. The average molecular weight is 292 g/mol. The molecule has 1 aromatic heterocycles. The predicted octanol–water partition coefficient (Wildman–Crippen LogP) is 2.16. The number of aromatic amines is 1. The number of hydrogen-bond donors (Lipinski definition) is 2. The highest BCUT2D eigenvalue weighted by Crippen LogP contribution is 2.31. The van der Waals surface area contributed by atoms with E-state index in [1.807, 2.05) is 37.3 Å². The van der Waals surface area contributed by atoms with Crippen molar-refractivity contribution in [3.8, 4) is 0 Å². The summed E-state index contributed by atoms with van der Waals surface area (Å²) in [6, 6.07) is 9.94. The Hall–Kier alpha value is -1.53. The molecular formula is C14H20N4OS. The number of nitrogens with zero attached hydrogens (tertiary/aromatic N) is 2. The van der Waals surface area contributed by atoms with E-state index < -0.39 is 0 Å². The van der Waals surface area contributed by atoms with Gasteiger partial charge >= 0.3 is 5.69 Å². The minimum atomic E-state index is -0.168. The molecule has 5 nitrogen and oxygen atoms in total. The Morgan fingerprint density at radius 2 is 2.05 bits per heavy atom. The molecule has 1 aromatic carbocycles. The Morgan fingerprint density at radius 1 is 1.35 bits per heavy atom. The van der Waals surface area contributed by atoms with Crippen LogP contribution < -0.4 is 11.4 Å². The Labute approximate surface area is 122 Å². The number of hydrogen-bond acceptors (Lipinski definition) is 4. The van der Waals surface area contributed by atoms with E-state index in [-0.39, 0.29) is 17.0 Å². The van der Waals surface area contributed by atoms with Crippen LogP contribution in [0.2, 0.25) is 0 Å². The Kier molecular flexibility index (Phi) is 5.03. The van der Waals surface area contributed by atoms with Crippen LogP contribution in [0.1, 0.15) is 31.9 Å². The second-order valence-electron chi connectivity index (χ2n) is 4.56. The first kappa shape index (κ1) is 14.9. The van der Waals surface area contributed by atoms with Crippen molar-refractivity contribution in [1.82, 2.24) is 14.8 Å². The van der Waals surface area contributed by atoms with Crippen molar-refractivity contribution in [3.63, 3.8) is 0 Å². The summed E-state index contributed by atoms with van der Waals surface area (Å²) < 4.78 is 1.63. The van der Waals surface area contributed by atoms with Crippen molar-refractivity contribution in [1.29, 1.82) is 0 Å². The van der Waals surface area contributed by atoms with E-state index in [4.69, 9.17) is 5.73 Å². The van der Waals surface area contributed by atoms with Gasteiger partial charge in [0.25, 0.3) is 0 Å². The fourth-order valence-electron chi connectivity index (χ4n) is 2.11. The minimum absolute atomic E-state index is 0.0803. The SMILES string of the molecule is CCC(Sc1n[nH]c(=O)n1CC)C(N)c1ccccc1. The van der Waals surface area contributed by atoms with Crippen LogP contribution in [0, 0.1) is 0 Å². The zero-order chi connectivity index (χ0) is 14.5. The molecule has 6 heteroatoms. The van der Waals surface area contributed by atoms with Gasteiger partial charge in [-0.15, -0.1) is 5.10 Å². The van der Waals surface area contributed by atoms with Gasteiger partial charge in [-0.2, -0.15) is 0 Å². The van der Waals surface area contributed by atoms with Crippen LogP contribution in [0.25, 0.3) is 0 Å². The standard InChI is InChI=1S/C14H20N4OS/c1-3-11(12(15)10-8-6-5-7-9-10)20-14-17-16-13(19)18(14)4-2/h5-9,11-12H,3-4,15H2,1-2H3,(H,16,19). The second-order valence-corrected chi connectivity index (χ2v) is 5.76. The Balaban J connectivity index is 2.18. The van der Waals surface area contributed by atoms with Gasteiger partial charge in [-0.25, -0.2) is 9.89 Å². The molecule has 0 spiro atoms. The number of nitrogens with one attached hydrogen (secondary N) is 1. The van der Waals surface area contributed by atoms with Crippen LogP contribution in [0.15, 0.2) is 40.3 Å². The lowest BCUT2D eigenvalue weighted by atomic mass is 10.0. The minimum Gasteiger partial charge on any atom is -0.323 e. The Morgan fingerprint density at radius 3 is 2.65 bits per heavy atom. The largest absolute Gasteiger partial charge is 0.343 e. The first-order valence-corrected chi connectivity index (χ1v) is 7.67. The normalized spacial score (nSPS) is 14.2. The van der Waals surface area contributed by atoms with Crippen molar-refractivity contribution in [2.75, 3.05) is 0 Å². The summed E-state index contributed by atoms with van der Waals surface area (Å²) in [4.78, 5) is 11.6. The summed E-state index contributed by atoms with van der Waals surface area (Å²) in [7, 11) is 0. The van der Waals surface area contributed by atoms with Crippen LogP contribution in [-0.2, 0) is 6.54 Å². The molecule has 20 heavy (non-hydrogen) atoms. The molecule has 0 fully saturated rings. The molecule has 3 N–H and O–H groups in total. The van der Waals surface area contributed by atoms with E-state index >= 15 is 0 Å². The third-order valence-electron chi connectivity index (χ3n) is 3.28. The lowest BCUT2D eigenvalue weighted by Crippen LogP contribution is -2.24. The average Bonchev–Trinajstić information content (AvgIpc) is 2.84. The van der Waals surface area contributed by atoms with Crippen molar-refractivity contribution in [2.45, 2.75) is 43.3 Å². The van der Waals surface area contributed by atoms with Gasteiger partial charge < -0.3 is 5.73 Å². The first-order chi connectivity index (χ1) is 9.67. The van der Waals surface area contributed by atoms with E-state index in [0.717, 1.165) is 12.0 Å². The van der Waals surface area contributed by atoms with Gasteiger partial charge in [0, 0.05) is 17.8 Å². The van der Waals surface area contributed by atoms with Gasteiger partial charge in [-0.05, 0) is 18.9 Å². The summed E-state index contributed by atoms with van der Waals surface area (Å²) in [5.74, 6) is 0. The van der Waals surface area contributed by atoms with Gasteiger partial charge in [0.2, 0.25) is 0 Å². The van der Waals surface area contributed by atoms with E-state index in [9.17, 15) is 4.79 Å². The molecule has 0 bridgehead atoms. The maximum Gasteiger partial charge on any atom is 0.343 e. The monoisotopic (exact) mass is 292 g/mol. The molecule has 2 unspecified atom stereocenters. The smallest absolute Gasteiger partial charge is 0.323 e. The lowest BCUT2D eigenvalue weighted by Gasteiger charge is -2.22. The highest BCUT2D eigenvalue weighted by atomic mass is 32.2. The topological polar surface area (TPSA) is 76.7 Å². The molecule has 0 aliphatic rings. The molecule has 2 atom stereocenters. The lowest BCUT2D eigenvalue weighted by molar-refractivity contribution is 0.633. The van der Waals surface area contributed by atoms with Crippen LogP contribution in [0.5, 0.6) is 0 Å². The quantitative estimate of drug-likeness (QED) is 0.800. The summed E-state index contributed by atoms with van der Waals surface area (Å²) in [5, 5.41) is 7.46. The summed E-state index contributed by atoms with van der Waals surface area (Å²) in [5.41, 5.74) is 7.29. The number of aromatic nitrogens is 3. The van der Waals surface area contributed by atoms with Gasteiger partial charge in [0.15, 0.2) is 5.16 Å². The van der Waals surface area contributed by atoms with Crippen molar-refractivity contribution in [3.05, 3.63) is 46.4 Å². The van der Waals surface area contributed by atoms with E-state index in [0.29, 0.717) is 11.7 Å². The molecule has 0 saturated carbocycles. The second kappa shape index (κ2) is 6.76. The third-order valence-corrected chi connectivity index (χ3v) is 4.74. The number of H-pyrrole nitrogens is 1. The maximum atomic E-state index is 11.6. The zero-order valence-electron chi connectivity index (χ0n) is 11.7. The zero-order valence-corrected chi connectivity index (χ0v) is 12.6. The molecule has 0 aliphatic heterocycles. The fourth-order valence-corrected chi connectivity index (χ4v) is 3.29. The molecular weight excluding hydrogens is 272 g/mol. The van der Waals surface area contributed by atoms with E-state index in [1.54, 1.807) is 16.3 Å². The Bertz CT molecular complexity index is 593. The third kappa shape index (κ3) is 3.13. The molecule has 1 heterocycles. The van der Waals surface area contributed by atoms with E-state index in [1.165, 1.54) is 0 Å². The van der Waals surface area contributed by atoms with Crippen LogP contribution in [0.3, 0.4) is 0 Å².